The topological polar surface area (TPSA) is 38.3 Å². The summed E-state index contributed by atoms with van der Waals surface area (Å²) in [6.07, 6.45) is 3.73. The van der Waals surface area contributed by atoms with Crippen LogP contribution in [0.2, 0.25) is 0 Å². The van der Waals surface area contributed by atoms with Crippen LogP contribution in [-0.4, -0.2) is 26.7 Å². The van der Waals surface area contributed by atoms with E-state index in [-0.39, 0.29) is 5.97 Å². The summed E-state index contributed by atoms with van der Waals surface area (Å²) < 4.78 is 4.47. The highest BCUT2D eigenvalue weighted by Crippen LogP contribution is 1.94. The number of carbonyl (C=O) groups excluding carboxylic acids is 1. The first kappa shape index (κ1) is 19.9. The van der Waals surface area contributed by atoms with Gasteiger partial charge in [-0.1, -0.05) is 34.1 Å². The van der Waals surface area contributed by atoms with Gasteiger partial charge >= 0.3 is 5.97 Å². The van der Waals surface area contributed by atoms with Gasteiger partial charge in [0.05, 0.1) is 7.11 Å². The van der Waals surface area contributed by atoms with Crippen molar-refractivity contribution in [3.63, 3.8) is 0 Å². The zero-order valence-electron chi connectivity index (χ0n) is 11.4. The first-order valence-corrected chi connectivity index (χ1v) is 5.94. The van der Waals surface area contributed by atoms with Gasteiger partial charge in [0.25, 0.3) is 0 Å². The Morgan fingerprint density at radius 2 is 1.67 bits per heavy atom. The number of nitrogens with one attached hydrogen (secondary N) is 1. The van der Waals surface area contributed by atoms with E-state index >= 15 is 0 Å². The molecule has 15 heavy (non-hydrogen) atoms. The fourth-order valence-corrected chi connectivity index (χ4v) is 0.673. The highest BCUT2D eigenvalue weighted by Gasteiger charge is 1.97. The first-order chi connectivity index (χ1) is 7.22. The molecule has 0 fully saturated rings. The summed E-state index contributed by atoms with van der Waals surface area (Å²) in [7, 11) is 3.32. The molecule has 0 radical (unpaired) electrons. The van der Waals surface area contributed by atoms with Crippen LogP contribution in [0.15, 0.2) is 0 Å². The second kappa shape index (κ2) is 23.3. The maximum Gasteiger partial charge on any atom is 0.305 e. The molecular formula is C12H29NO2. The number of esters is 1. The zero-order valence-corrected chi connectivity index (χ0v) is 11.4. The molecule has 0 amide bonds. The quantitative estimate of drug-likeness (QED) is 0.570. The molecule has 3 heteroatoms. The third-order valence-electron chi connectivity index (χ3n) is 1.29. The maximum absolute atomic E-state index is 10.5. The van der Waals surface area contributed by atoms with E-state index in [9.17, 15) is 4.79 Å². The Labute approximate surface area is 95.6 Å². The third kappa shape index (κ3) is 31.8. The highest BCUT2D eigenvalue weighted by atomic mass is 16.5. The molecule has 0 rings (SSSR count). The molecule has 0 aliphatic heterocycles. The second-order valence-electron chi connectivity index (χ2n) is 2.84. The molecule has 0 aromatic rings. The first-order valence-electron chi connectivity index (χ1n) is 5.94. The van der Waals surface area contributed by atoms with E-state index in [2.05, 4.69) is 23.9 Å². The fraction of sp³-hybridized carbons (Fsp3) is 0.917. The molecule has 3 nitrogen and oxygen atoms in total. The Hall–Kier alpha value is -0.570. The normalized spacial score (nSPS) is 7.87. The van der Waals surface area contributed by atoms with Crippen molar-refractivity contribution in [2.75, 3.05) is 20.7 Å². The van der Waals surface area contributed by atoms with Crippen LogP contribution in [0.3, 0.4) is 0 Å². The van der Waals surface area contributed by atoms with Crippen LogP contribution < -0.4 is 5.32 Å². The molecule has 0 aromatic carbocycles. The number of ether oxygens (including phenoxy) is 1. The van der Waals surface area contributed by atoms with Gasteiger partial charge in [0.1, 0.15) is 0 Å². The molecule has 0 heterocycles. The number of hydrogen-bond acceptors (Lipinski definition) is 3. The second-order valence-corrected chi connectivity index (χ2v) is 2.84. The monoisotopic (exact) mass is 219 g/mol. The van der Waals surface area contributed by atoms with Crippen LogP contribution in [0, 0.1) is 0 Å². The molecule has 0 saturated carbocycles. The van der Waals surface area contributed by atoms with Gasteiger partial charge in [-0.05, 0) is 26.4 Å². The van der Waals surface area contributed by atoms with Crippen molar-refractivity contribution in [2.45, 2.75) is 53.4 Å². The molecular weight excluding hydrogens is 190 g/mol. The van der Waals surface area contributed by atoms with Crippen molar-refractivity contribution >= 4 is 5.97 Å². The Kier molecular flexibility index (Phi) is 31.0. The smallest absolute Gasteiger partial charge is 0.305 e. The average molecular weight is 219 g/mol. The summed E-state index contributed by atoms with van der Waals surface area (Å²) in [6.45, 7) is 9.22. The molecule has 94 valence electrons. The lowest BCUT2D eigenvalue weighted by Gasteiger charge is -1.98. The summed E-state index contributed by atoms with van der Waals surface area (Å²) >= 11 is 0. The van der Waals surface area contributed by atoms with E-state index in [4.69, 9.17) is 0 Å². The van der Waals surface area contributed by atoms with Gasteiger partial charge in [-0.25, -0.2) is 0 Å². The van der Waals surface area contributed by atoms with Crippen LogP contribution in [0.1, 0.15) is 53.4 Å². The van der Waals surface area contributed by atoms with Gasteiger partial charge in [0, 0.05) is 6.42 Å². The van der Waals surface area contributed by atoms with Crippen molar-refractivity contribution in [3.05, 3.63) is 0 Å². The lowest BCUT2D eigenvalue weighted by Crippen LogP contribution is -2.08. The van der Waals surface area contributed by atoms with E-state index in [0.29, 0.717) is 6.42 Å². The van der Waals surface area contributed by atoms with Crippen molar-refractivity contribution in [3.8, 4) is 0 Å². The zero-order chi connectivity index (χ0) is 12.5. The van der Waals surface area contributed by atoms with Gasteiger partial charge < -0.3 is 10.1 Å². The predicted octanol–water partition coefficient (Wildman–Crippen LogP) is 2.99. The third-order valence-corrected chi connectivity index (χ3v) is 1.29. The molecule has 0 aliphatic rings. The van der Waals surface area contributed by atoms with Gasteiger partial charge in [-0.15, -0.1) is 0 Å². The van der Waals surface area contributed by atoms with E-state index in [1.54, 1.807) is 0 Å². The lowest BCUT2D eigenvalue weighted by molar-refractivity contribution is -0.140. The maximum atomic E-state index is 10.5. The summed E-state index contributed by atoms with van der Waals surface area (Å²) in [4.78, 5) is 10.5. The minimum atomic E-state index is -0.115. The average Bonchev–Trinajstić information content (AvgIpc) is 2.28. The van der Waals surface area contributed by atoms with E-state index in [1.165, 1.54) is 13.5 Å². The fourth-order valence-electron chi connectivity index (χ4n) is 0.673. The van der Waals surface area contributed by atoms with Crippen LogP contribution in [-0.2, 0) is 9.53 Å². The van der Waals surface area contributed by atoms with E-state index in [0.717, 1.165) is 19.4 Å². The molecule has 0 unspecified atom stereocenters. The molecule has 0 saturated heterocycles. The van der Waals surface area contributed by atoms with Gasteiger partial charge in [-0.2, -0.15) is 0 Å². The summed E-state index contributed by atoms with van der Waals surface area (Å²) in [5.41, 5.74) is 0. The van der Waals surface area contributed by atoms with Crippen molar-refractivity contribution in [1.29, 1.82) is 0 Å². The van der Waals surface area contributed by atoms with Crippen LogP contribution >= 0.6 is 0 Å². The molecule has 0 atom stereocenters. The number of unbranched alkanes of at least 4 members (excludes halogenated alkanes) is 1. The lowest BCUT2D eigenvalue weighted by atomic mass is 10.2. The Bertz CT molecular complexity index is 106. The van der Waals surface area contributed by atoms with Crippen molar-refractivity contribution < 1.29 is 9.53 Å². The number of carbonyl (C=O) groups is 1. The molecule has 0 bridgehead atoms. The van der Waals surface area contributed by atoms with E-state index in [1.807, 2.05) is 20.9 Å². The van der Waals surface area contributed by atoms with Crippen molar-refractivity contribution in [1.82, 2.24) is 5.32 Å². The van der Waals surface area contributed by atoms with Crippen molar-refractivity contribution in [2.24, 2.45) is 0 Å². The summed E-state index contributed by atoms with van der Waals surface area (Å²) in [5, 5.41) is 3.01. The highest BCUT2D eigenvalue weighted by molar-refractivity contribution is 5.68. The largest absolute Gasteiger partial charge is 0.469 e. The molecule has 0 aliphatic carbocycles. The van der Waals surface area contributed by atoms with Gasteiger partial charge in [0.2, 0.25) is 0 Å². The number of rotatable bonds is 5. The van der Waals surface area contributed by atoms with E-state index < -0.39 is 0 Å². The Morgan fingerprint density at radius 3 is 2.00 bits per heavy atom. The van der Waals surface area contributed by atoms with Gasteiger partial charge in [0.15, 0.2) is 0 Å². The minimum Gasteiger partial charge on any atom is -0.469 e. The minimum absolute atomic E-state index is 0.115. The molecule has 0 aromatic heterocycles. The standard InChI is InChI=1S/C7H15NO2.C3H8.C2H6/c1-8-6-4-3-5-7(9)10-2;1-3-2;1-2/h8H,3-6H2,1-2H3;3H2,1-2H3;1-2H3. The summed E-state index contributed by atoms with van der Waals surface area (Å²) in [6, 6.07) is 0. The predicted molar refractivity (Wildman–Crippen MR) is 67.1 cm³/mol. The SMILES string of the molecule is CC.CCC.CNCCCCC(=O)OC. The summed E-state index contributed by atoms with van der Waals surface area (Å²) in [5.74, 6) is -0.115. The Morgan fingerprint density at radius 1 is 1.20 bits per heavy atom. The molecule has 0 spiro atoms. The Balaban J connectivity index is -0.000000245. The van der Waals surface area contributed by atoms with Crippen LogP contribution in [0.25, 0.3) is 0 Å². The van der Waals surface area contributed by atoms with Gasteiger partial charge in [-0.3, -0.25) is 4.79 Å². The number of hydrogen-bond donors (Lipinski definition) is 1. The van der Waals surface area contributed by atoms with Crippen LogP contribution in [0.5, 0.6) is 0 Å². The molecule has 1 N–H and O–H groups in total. The van der Waals surface area contributed by atoms with Crippen LogP contribution in [0.4, 0.5) is 0 Å². The number of methoxy groups -OCH3 is 1.